The van der Waals surface area contributed by atoms with E-state index in [0.717, 1.165) is 33.2 Å². The molecule has 3 heteroatoms. The van der Waals surface area contributed by atoms with E-state index in [9.17, 15) is 8.78 Å². The fourth-order valence-corrected chi connectivity index (χ4v) is 3.13. The first kappa shape index (κ1) is 19.4. The van der Waals surface area contributed by atoms with Crippen molar-refractivity contribution in [2.75, 3.05) is 6.61 Å². The summed E-state index contributed by atoms with van der Waals surface area (Å²) >= 11 is 0. The molecule has 0 saturated carbocycles. The number of rotatable bonds is 4. The first-order valence-electron chi connectivity index (χ1n) is 9.47. The van der Waals surface area contributed by atoms with Crippen molar-refractivity contribution >= 4 is 10.8 Å². The van der Waals surface area contributed by atoms with Gasteiger partial charge < -0.3 is 4.74 Å². The lowest BCUT2D eigenvalue weighted by Gasteiger charge is -2.06. The average Bonchev–Trinajstić information content (AvgIpc) is 2.77. The van der Waals surface area contributed by atoms with Gasteiger partial charge in [-0.25, -0.2) is 8.78 Å². The Bertz CT molecular complexity index is 1280. The zero-order chi connectivity index (χ0) is 20.9. The molecule has 0 aliphatic heterocycles. The van der Waals surface area contributed by atoms with E-state index in [1.165, 1.54) is 18.2 Å². The molecule has 0 radical (unpaired) electrons. The van der Waals surface area contributed by atoms with Crippen molar-refractivity contribution in [2.24, 2.45) is 0 Å². The zero-order valence-corrected chi connectivity index (χ0v) is 16.2. The number of halogens is 2. The predicted molar refractivity (Wildman–Crippen MR) is 117 cm³/mol. The smallest absolute Gasteiger partial charge is 0.139 e. The van der Waals surface area contributed by atoms with Gasteiger partial charge in [-0.1, -0.05) is 54.8 Å². The molecular weight excluding hydrogens is 378 g/mol. The summed E-state index contributed by atoms with van der Waals surface area (Å²) in [6.07, 6.45) is 1.68. The molecular formula is C27H18F2O. The van der Waals surface area contributed by atoms with Gasteiger partial charge in [0.05, 0.1) is 5.56 Å². The van der Waals surface area contributed by atoms with Crippen LogP contribution in [0.5, 0.6) is 5.75 Å². The number of ether oxygens (including phenoxy) is 1. The molecule has 30 heavy (non-hydrogen) atoms. The molecule has 0 fully saturated rings. The van der Waals surface area contributed by atoms with Crippen LogP contribution in [0.4, 0.5) is 8.78 Å². The second kappa shape index (κ2) is 8.63. The van der Waals surface area contributed by atoms with Crippen LogP contribution in [0.15, 0.2) is 91.5 Å². The van der Waals surface area contributed by atoms with Crippen LogP contribution in [0.3, 0.4) is 0 Å². The number of benzene rings is 4. The van der Waals surface area contributed by atoms with Crippen molar-refractivity contribution in [3.8, 4) is 28.7 Å². The standard InChI is InChI=1S/C27H18F2O/c1-2-15-30-26-13-10-20(11-14-26)24-8-7-21(27(29)18-24)5-3-19-4-6-23-17-25(28)12-9-22(23)16-19/h2,4,6-14,16-18H,1,15H2. The highest BCUT2D eigenvalue weighted by Gasteiger charge is 2.04. The molecule has 0 aliphatic carbocycles. The van der Waals surface area contributed by atoms with E-state index in [0.29, 0.717) is 12.2 Å². The number of hydrogen-bond acceptors (Lipinski definition) is 1. The van der Waals surface area contributed by atoms with E-state index < -0.39 is 0 Å². The van der Waals surface area contributed by atoms with Gasteiger partial charge in [-0.2, -0.15) is 0 Å². The Kier molecular flexibility index (Phi) is 5.59. The normalized spacial score (nSPS) is 10.3. The molecule has 0 amide bonds. The van der Waals surface area contributed by atoms with E-state index in [-0.39, 0.29) is 11.6 Å². The maximum Gasteiger partial charge on any atom is 0.139 e. The summed E-state index contributed by atoms with van der Waals surface area (Å²) < 4.78 is 33.4. The molecule has 0 N–H and O–H groups in total. The molecule has 0 unspecified atom stereocenters. The summed E-state index contributed by atoms with van der Waals surface area (Å²) in [6.45, 7) is 4.06. The molecule has 0 atom stereocenters. The topological polar surface area (TPSA) is 9.23 Å². The van der Waals surface area contributed by atoms with Crippen molar-refractivity contribution in [3.05, 3.63) is 114 Å². The number of fused-ring (bicyclic) bond motifs is 1. The minimum atomic E-state index is -0.380. The monoisotopic (exact) mass is 396 g/mol. The lowest BCUT2D eigenvalue weighted by molar-refractivity contribution is 0.363. The minimum absolute atomic E-state index is 0.276. The van der Waals surface area contributed by atoms with E-state index in [4.69, 9.17) is 4.74 Å². The highest BCUT2D eigenvalue weighted by Crippen LogP contribution is 2.24. The Morgan fingerprint density at radius 2 is 1.50 bits per heavy atom. The highest BCUT2D eigenvalue weighted by molar-refractivity contribution is 5.84. The van der Waals surface area contributed by atoms with E-state index in [1.54, 1.807) is 24.3 Å². The molecule has 0 aromatic heterocycles. The van der Waals surface area contributed by atoms with Crippen LogP contribution in [-0.2, 0) is 0 Å². The lowest BCUT2D eigenvalue weighted by Crippen LogP contribution is -1.92. The minimum Gasteiger partial charge on any atom is -0.490 e. The third kappa shape index (κ3) is 4.39. The Morgan fingerprint density at radius 1 is 0.767 bits per heavy atom. The van der Waals surface area contributed by atoms with Gasteiger partial charge in [0.1, 0.15) is 24.0 Å². The van der Waals surface area contributed by atoms with Crippen molar-refractivity contribution in [1.29, 1.82) is 0 Å². The maximum atomic E-state index is 14.6. The van der Waals surface area contributed by atoms with Gasteiger partial charge in [-0.3, -0.25) is 0 Å². The van der Waals surface area contributed by atoms with Crippen LogP contribution in [0.25, 0.3) is 21.9 Å². The Balaban J connectivity index is 1.55. The fraction of sp³-hybridized carbons (Fsp3) is 0.0370. The van der Waals surface area contributed by atoms with Crippen molar-refractivity contribution in [3.63, 3.8) is 0 Å². The van der Waals surface area contributed by atoms with Crippen LogP contribution in [0, 0.1) is 23.5 Å². The molecule has 4 aromatic rings. The molecule has 4 rings (SSSR count). The molecule has 4 aromatic carbocycles. The summed E-state index contributed by atoms with van der Waals surface area (Å²) in [6, 6.07) is 22.5. The summed E-state index contributed by atoms with van der Waals surface area (Å²) in [4.78, 5) is 0. The van der Waals surface area contributed by atoms with Gasteiger partial charge in [0.15, 0.2) is 0 Å². The van der Waals surface area contributed by atoms with Gasteiger partial charge in [0.25, 0.3) is 0 Å². The maximum absolute atomic E-state index is 14.6. The second-order valence-electron chi connectivity index (χ2n) is 6.77. The van der Waals surface area contributed by atoms with E-state index in [2.05, 4.69) is 18.4 Å². The Hall–Kier alpha value is -3.90. The largest absolute Gasteiger partial charge is 0.490 e. The van der Waals surface area contributed by atoms with Crippen molar-refractivity contribution in [2.45, 2.75) is 0 Å². The molecule has 0 spiro atoms. The first-order valence-corrected chi connectivity index (χ1v) is 9.47. The Labute approximate surface area is 174 Å². The van der Waals surface area contributed by atoms with Crippen molar-refractivity contribution in [1.82, 2.24) is 0 Å². The SMILES string of the molecule is C=CCOc1ccc(-c2ccc(C#Cc3ccc4cc(F)ccc4c3)c(F)c2)cc1. The second-order valence-corrected chi connectivity index (χ2v) is 6.77. The third-order valence-corrected chi connectivity index (χ3v) is 4.67. The van der Waals surface area contributed by atoms with Gasteiger partial charge in [-0.15, -0.1) is 0 Å². The van der Waals surface area contributed by atoms with E-state index in [1.807, 2.05) is 42.5 Å². The summed E-state index contributed by atoms with van der Waals surface area (Å²) in [5.74, 6) is 5.95. The van der Waals surface area contributed by atoms with Gasteiger partial charge in [0, 0.05) is 5.56 Å². The molecule has 146 valence electrons. The molecule has 0 heterocycles. The third-order valence-electron chi connectivity index (χ3n) is 4.67. The zero-order valence-electron chi connectivity index (χ0n) is 16.2. The molecule has 0 aliphatic rings. The highest BCUT2D eigenvalue weighted by atomic mass is 19.1. The Morgan fingerprint density at radius 3 is 2.27 bits per heavy atom. The number of hydrogen-bond donors (Lipinski definition) is 0. The first-order chi connectivity index (χ1) is 14.6. The predicted octanol–water partition coefficient (Wildman–Crippen LogP) is 6.75. The van der Waals surface area contributed by atoms with E-state index >= 15 is 0 Å². The van der Waals surface area contributed by atoms with Crippen LogP contribution in [-0.4, -0.2) is 6.61 Å². The summed E-state index contributed by atoms with van der Waals surface area (Å²) in [5, 5.41) is 1.69. The molecule has 0 bridgehead atoms. The van der Waals surface area contributed by atoms with Gasteiger partial charge in [0.2, 0.25) is 0 Å². The van der Waals surface area contributed by atoms with Crippen LogP contribution >= 0.6 is 0 Å². The fourth-order valence-electron chi connectivity index (χ4n) is 3.13. The van der Waals surface area contributed by atoms with Crippen molar-refractivity contribution < 1.29 is 13.5 Å². The van der Waals surface area contributed by atoms with Gasteiger partial charge in [-0.05, 0) is 70.4 Å². The quantitative estimate of drug-likeness (QED) is 0.274. The van der Waals surface area contributed by atoms with Gasteiger partial charge >= 0.3 is 0 Å². The summed E-state index contributed by atoms with van der Waals surface area (Å²) in [5.41, 5.74) is 2.72. The molecule has 0 saturated heterocycles. The van der Waals surface area contributed by atoms with Crippen LogP contribution in [0.2, 0.25) is 0 Å². The van der Waals surface area contributed by atoms with Crippen LogP contribution in [0.1, 0.15) is 11.1 Å². The lowest BCUT2D eigenvalue weighted by atomic mass is 10.0. The molecule has 1 nitrogen and oxygen atoms in total. The average molecular weight is 396 g/mol. The summed E-state index contributed by atoms with van der Waals surface area (Å²) in [7, 11) is 0. The van der Waals surface area contributed by atoms with Crippen LogP contribution < -0.4 is 4.74 Å².